The molecule has 0 saturated heterocycles. The summed E-state index contributed by atoms with van der Waals surface area (Å²) in [5, 5.41) is 1.88. The number of aromatic amines is 1. The van der Waals surface area contributed by atoms with Crippen molar-refractivity contribution in [3.63, 3.8) is 0 Å². The topological polar surface area (TPSA) is 49.0 Å². The predicted octanol–water partition coefficient (Wildman–Crippen LogP) is 2.35. The summed E-state index contributed by atoms with van der Waals surface area (Å²) in [4.78, 5) is 20.7. The molecule has 2 aromatic rings. The van der Waals surface area contributed by atoms with Crippen molar-refractivity contribution in [2.24, 2.45) is 0 Å². The van der Waals surface area contributed by atoms with Crippen LogP contribution in [0, 0.1) is 2.88 Å². The molecule has 2 heterocycles. The van der Waals surface area contributed by atoms with Gasteiger partial charge < -0.3 is 9.88 Å². The number of halogens is 1. The summed E-state index contributed by atoms with van der Waals surface area (Å²) in [6.07, 6.45) is 3.43. The smallest absolute Gasteiger partial charge is 0.254 e. The molecule has 6 heteroatoms. The van der Waals surface area contributed by atoms with E-state index in [1.165, 1.54) is 0 Å². The van der Waals surface area contributed by atoms with Crippen molar-refractivity contribution in [1.82, 2.24) is 14.9 Å². The van der Waals surface area contributed by atoms with Crippen molar-refractivity contribution in [2.45, 2.75) is 6.54 Å². The number of H-pyrrole nitrogens is 1. The molecule has 0 aliphatic rings. The Kier molecular flexibility index (Phi) is 3.59. The van der Waals surface area contributed by atoms with Crippen LogP contribution in [-0.2, 0) is 6.54 Å². The van der Waals surface area contributed by atoms with E-state index < -0.39 is 0 Å². The van der Waals surface area contributed by atoms with E-state index in [0.29, 0.717) is 6.54 Å². The maximum atomic E-state index is 12.0. The molecule has 0 unspecified atom stereocenters. The third-order valence-electron chi connectivity index (χ3n) is 2.10. The van der Waals surface area contributed by atoms with Crippen LogP contribution >= 0.6 is 33.9 Å². The van der Waals surface area contributed by atoms with E-state index in [-0.39, 0.29) is 5.91 Å². The van der Waals surface area contributed by atoms with Gasteiger partial charge in [0.25, 0.3) is 5.91 Å². The van der Waals surface area contributed by atoms with Crippen LogP contribution in [0.25, 0.3) is 0 Å². The van der Waals surface area contributed by atoms with Gasteiger partial charge in [-0.15, -0.1) is 11.3 Å². The summed E-state index contributed by atoms with van der Waals surface area (Å²) in [5.41, 5.74) is 0.739. The van der Waals surface area contributed by atoms with E-state index in [2.05, 4.69) is 32.6 Å². The molecule has 1 amide bonds. The minimum Gasteiger partial charge on any atom is -0.347 e. The molecule has 0 aliphatic carbocycles. The monoisotopic (exact) mass is 347 g/mol. The van der Waals surface area contributed by atoms with Gasteiger partial charge in [-0.25, -0.2) is 4.98 Å². The summed E-state index contributed by atoms with van der Waals surface area (Å²) in [6, 6.07) is 1.90. The molecule has 0 spiro atoms. The molecule has 0 radical (unpaired) electrons. The van der Waals surface area contributed by atoms with E-state index in [1.54, 1.807) is 35.7 Å². The number of hydrogen-bond donors (Lipinski definition) is 1. The van der Waals surface area contributed by atoms with E-state index >= 15 is 0 Å². The van der Waals surface area contributed by atoms with Crippen LogP contribution in [0.1, 0.15) is 16.2 Å². The Balaban J connectivity index is 2.05. The Bertz CT molecular complexity index is 480. The van der Waals surface area contributed by atoms with Crippen LogP contribution < -0.4 is 0 Å². The highest BCUT2D eigenvalue weighted by Gasteiger charge is 2.14. The fourth-order valence-corrected chi connectivity index (χ4v) is 2.64. The van der Waals surface area contributed by atoms with Gasteiger partial charge in [0.05, 0.1) is 15.0 Å². The number of imidazole rings is 1. The lowest BCUT2D eigenvalue weighted by atomic mass is 10.3. The number of rotatable bonds is 3. The summed E-state index contributed by atoms with van der Waals surface area (Å²) in [6.45, 7) is 0.498. The van der Waals surface area contributed by atoms with Crippen molar-refractivity contribution < 1.29 is 4.79 Å². The van der Waals surface area contributed by atoms with Crippen molar-refractivity contribution in [3.8, 4) is 0 Å². The second-order valence-electron chi connectivity index (χ2n) is 3.34. The molecule has 1 N–H and O–H groups in total. The average molecular weight is 347 g/mol. The molecule has 2 aromatic heterocycles. The standard InChI is InChI=1S/C10H10IN3OS/c1-14(5-9-12-2-3-13-9)10(15)7-4-8(11)16-6-7/h2-4,6H,5H2,1H3,(H,12,13). The fraction of sp³-hybridized carbons (Fsp3) is 0.200. The normalized spacial score (nSPS) is 10.4. The lowest BCUT2D eigenvalue weighted by Gasteiger charge is -2.14. The molecular formula is C10H10IN3OS. The second-order valence-corrected chi connectivity index (χ2v) is 6.14. The van der Waals surface area contributed by atoms with Crippen molar-refractivity contribution >= 4 is 39.8 Å². The number of amides is 1. The Hall–Kier alpha value is -0.890. The Morgan fingerprint density at radius 3 is 3.06 bits per heavy atom. The molecule has 0 aromatic carbocycles. The number of carbonyl (C=O) groups excluding carboxylic acids is 1. The van der Waals surface area contributed by atoms with Gasteiger partial charge in [0.15, 0.2) is 0 Å². The van der Waals surface area contributed by atoms with E-state index in [4.69, 9.17) is 0 Å². The van der Waals surface area contributed by atoms with E-state index in [1.807, 2.05) is 11.4 Å². The first-order valence-electron chi connectivity index (χ1n) is 4.64. The molecule has 16 heavy (non-hydrogen) atoms. The zero-order valence-electron chi connectivity index (χ0n) is 8.61. The fourth-order valence-electron chi connectivity index (χ4n) is 1.32. The van der Waals surface area contributed by atoms with Crippen LogP contribution in [0.5, 0.6) is 0 Å². The first kappa shape index (κ1) is 11.6. The third kappa shape index (κ3) is 2.62. The SMILES string of the molecule is CN(Cc1ncc[nH]1)C(=O)c1csc(I)c1. The van der Waals surface area contributed by atoms with Gasteiger partial charge in [-0.3, -0.25) is 4.79 Å². The first-order valence-corrected chi connectivity index (χ1v) is 6.60. The van der Waals surface area contributed by atoms with Crippen LogP contribution in [0.4, 0.5) is 0 Å². The van der Waals surface area contributed by atoms with Crippen molar-refractivity contribution in [2.75, 3.05) is 7.05 Å². The molecule has 0 fully saturated rings. The number of hydrogen-bond acceptors (Lipinski definition) is 3. The van der Waals surface area contributed by atoms with Crippen LogP contribution in [0.3, 0.4) is 0 Å². The minimum absolute atomic E-state index is 0.0237. The van der Waals surface area contributed by atoms with Crippen molar-refractivity contribution in [3.05, 3.63) is 38.1 Å². The Morgan fingerprint density at radius 2 is 2.50 bits per heavy atom. The highest BCUT2D eigenvalue weighted by Crippen LogP contribution is 2.18. The maximum absolute atomic E-state index is 12.0. The highest BCUT2D eigenvalue weighted by atomic mass is 127. The van der Waals surface area contributed by atoms with E-state index in [0.717, 1.165) is 14.3 Å². The number of nitrogens with one attached hydrogen (secondary N) is 1. The van der Waals surface area contributed by atoms with Gasteiger partial charge >= 0.3 is 0 Å². The number of carbonyl (C=O) groups is 1. The summed E-state index contributed by atoms with van der Waals surface area (Å²) in [7, 11) is 1.77. The molecule has 4 nitrogen and oxygen atoms in total. The predicted molar refractivity (Wildman–Crippen MR) is 71.4 cm³/mol. The number of nitrogens with zero attached hydrogens (tertiary/aromatic N) is 2. The zero-order chi connectivity index (χ0) is 11.5. The molecule has 0 saturated carbocycles. The lowest BCUT2D eigenvalue weighted by molar-refractivity contribution is 0.0782. The second kappa shape index (κ2) is 4.96. The molecule has 2 rings (SSSR count). The average Bonchev–Trinajstić information content (AvgIpc) is 2.88. The molecule has 0 atom stereocenters. The summed E-state index contributed by atoms with van der Waals surface area (Å²) < 4.78 is 1.12. The van der Waals surface area contributed by atoms with Gasteiger partial charge in [0.1, 0.15) is 5.82 Å². The van der Waals surface area contributed by atoms with E-state index in [9.17, 15) is 4.79 Å². The molecular weight excluding hydrogens is 337 g/mol. The van der Waals surface area contributed by atoms with Gasteiger partial charge in [-0.2, -0.15) is 0 Å². The summed E-state index contributed by atoms with van der Waals surface area (Å²) >= 11 is 3.78. The first-order chi connectivity index (χ1) is 7.66. The lowest BCUT2D eigenvalue weighted by Crippen LogP contribution is -2.26. The summed E-state index contributed by atoms with van der Waals surface area (Å²) in [5.74, 6) is 0.816. The molecule has 0 aliphatic heterocycles. The van der Waals surface area contributed by atoms with Crippen LogP contribution in [0.2, 0.25) is 0 Å². The number of thiophene rings is 1. The quantitative estimate of drug-likeness (QED) is 0.867. The highest BCUT2D eigenvalue weighted by molar-refractivity contribution is 14.1. The number of aromatic nitrogens is 2. The van der Waals surface area contributed by atoms with Gasteiger partial charge in [-0.05, 0) is 28.7 Å². The molecule has 0 bridgehead atoms. The maximum Gasteiger partial charge on any atom is 0.254 e. The Labute approximate surface area is 111 Å². The van der Waals surface area contributed by atoms with Gasteiger partial charge in [0, 0.05) is 24.8 Å². The third-order valence-corrected chi connectivity index (χ3v) is 3.89. The molecule has 84 valence electrons. The largest absolute Gasteiger partial charge is 0.347 e. The minimum atomic E-state index is 0.0237. The van der Waals surface area contributed by atoms with Crippen molar-refractivity contribution in [1.29, 1.82) is 0 Å². The van der Waals surface area contributed by atoms with Crippen LogP contribution in [0.15, 0.2) is 23.8 Å². The van der Waals surface area contributed by atoms with Gasteiger partial charge in [0.2, 0.25) is 0 Å². The van der Waals surface area contributed by atoms with Crippen LogP contribution in [-0.4, -0.2) is 27.8 Å². The Morgan fingerprint density at radius 1 is 1.69 bits per heavy atom. The zero-order valence-corrected chi connectivity index (χ0v) is 11.6. The van der Waals surface area contributed by atoms with Gasteiger partial charge in [-0.1, -0.05) is 0 Å².